The van der Waals surface area contributed by atoms with Crippen LogP contribution in [-0.4, -0.2) is 25.5 Å². The summed E-state index contributed by atoms with van der Waals surface area (Å²) in [6.45, 7) is 4.21. The second-order valence-corrected chi connectivity index (χ2v) is 6.22. The van der Waals surface area contributed by atoms with Gasteiger partial charge in [-0.2, -0.15) is 4.98 Å². The number of H-pyrrole nitrogens is 2. The van der Waals surface area contributed by atoms with Crippen molar-refractivity contribution in [1.82, 2.24) is 19.9 Å². The van der Waals surface area contributed by atoms with Gasteiger partial charge in [0.25, 0.3) is 0 Å². The molecule has 3 heterocycles. The van der Waals surface area contributed by atoms with Gasteiger partial charge in [-0.25, -0.2) is 9.78 Å². The van der Waals surface area contributed by atoms with Crippen LogP contribution in [0.25, 0.3) is 22.6 Å². The molecule has 0 amide bonds. The van der Waals surface area contributed by atoms with E-state index in [-0.39, 0.29) is 5.60 Å². The Balaban J connectivity index is 1.77. The normalized spacial score (nSPS) is 16.3. The van der Waals surface area contributed by atoms with E-state index < -0.39 is 5.69 Å². The number of aromatic nitrogens is 4. The minimum absolute atomic E-state index is 0.112. The van der Waals surface area contributed by atoms with Crippen LogP contribution in [0, 0.1) is 0 Å². The van der Waals surface area contributed by atoms with Crippen molar-refractivity contribution in [2.24, 2.45) is 0 Å². The molecule has 0 radical (unpaired) electrons. The molecule has 3 aromatic rings. The fourth-order valence-electron chi connectivity index (χ4n) is 2.77. The zero-order valence-corrected chi connectivity index (χ0v) is 12.4. The third-order valence-electron chi connectivity index (χ3n) is 3.98. The summed E-state index contributed by atoms with van der Waals surface area (Å²) in [5.74, 6) is 1.65. The van der Waals surface area contributed by atoms with Gasteiger partial charge in [0.05, 0.1) is 6.20 Å². The number of benzene rings is 1. The van der Waals surface area contributed by atoms with Gasteiger partial charge in [-0.05, 0) is 50.5 Å². The molecule has 2 N–H and O–H groups in total. The van der Waals surface area contributed by atoms with Crippen molar-refractivity contribution >= 4 is 11.2 Å². The standard InChI is InChI=1S/C16H16N4O2/c1-16(2)6-5-9-7-10(3-4-12(9)22-16)13-18-11-8-17-15(21)20-14(11)19-13/h3-4,7-8H,5-6H2,1-2H3,(H2,17,18,19,20,21). The van der Waals surface area contributed by atoms with E-state index in [1.807, 2.05) is 12.1 Å². The maximum atomic E-state index is 11.2. The molecular weight excluding hydrogens is 280 g/mol. The van der Waals surface area contributed by atoms with E-state index in [1.54, 1.807) is 0 Å². The maximum absolute atomic E-state index is 11.2. The van der Waals surface area contributed by atoms with Crippen LogP contribution in [0.1, 0.15) is 25.8 Å². The minimum atomic E-state index is -0.397. The Morgan fingerprint density at radius 1 is 1.27 bits per heavy atom. The molecular formula is C16H16N4O2. The number of hydrogen-bond donors (Lipinski definition) is 2. The Morgan fingerprint density at radius 2 is 2.14 bits per heavy atom. The van der Waals surface area contributed by atoms with E-state index in [4.69, 9.17) is 4.74 Å². The van der Waals surface area contributed by atoms with E-state index >= 15 is 0 Å². The summed E-state index contributed by atoms with van der Waals surface area (Å²) < 4.78 is 6.00. The van der Waals surface area contributed by atoms with Crippen molar-refractivity contribution in [2.75, 3.05) is 0 Å². The van der Waals surface area contributed by atoms with E-state index in [1.165, 1.54) is 11.8 Å². The van der Waals surface area contributed by atoms with Gasteiger partial charge in [-0.1, -0.05) is 0 Å². The van der Waals surface area contributed by atoms with Crippen molar-refractivity contribution in [3.63, 3.8) is 0 Å². The number of nitrogens with one attached hydrogen (secondary N) is 2. The second kappa shape index (κ2) is 4.43. The number of rotatable bonds is 1. The van der Waals surface area contributed by atoms with Crippen molar-refractivity contribution in [3.8, 4) is 17.1 Å². The quantitative estimate of drug-likeness (QED) is 0.722. The third-order valence-corrected chi connectivity index (χ3v) is 3.98. The Labute approximate surface area is 126 Å². The highest BCUT2D eigenvalue weighted by Crippen LogP contribution is 2.35. The van der Waals surface area contributed by atoms with Crippen LogP contribution in [0.3, 0.4) is 0 Å². The van der Waals surface area contributed by atoms with Crippen molar-refractivity contribution in [2.45, 2.75) is 32.3 Å². The lowest BCUT2D eigenvalue weighted by atomic mass is 9.93. The minimum Gasteiger partial charge on any atom is -0.488 e. The van der Waals surface area contributed by atoms with Crippen LogP contribution >= 0.6 is 0 Å². The Bertz CT molecular complexity index is 923. The highest BCUT2D eigenvalue weighted by molar-refractivity contribution is 5.75. The van der Waals surface area contributed by atoms with Gasteiger partial charge in [0.15, 0.2) is 5.65 Å². The van der Waals surface area contributed by atoms with E-state index in [2.05, 4.69) is 39.8 Å². The molecule has 1 aliphatic heterocycles. The first-order valence-electron chi connectivity index (χ1n) is 7.28. The number of aromatic amines is 2. The second-order valence-electron chi connectivity index (χ2n) is 6.22. The molecule has 6 heteroatoms. The van der Waals surface area contributed by atoms with Crippen LogP contribution in [0.15, 0.2) is 29.2 Å². The molecule has 1 aromatic carbocycles. The number of nitrogens with zero attached hydrogens (tertiary/aromatic N) is 2. The van der Waals surface area contributed by atoms with Crippen LogP contribution in [0.2, 0.25) is 0 Å². The summed E-state index contributed by atoms with van der Waals surface area (Å²) >= 11 is 0. The van der Waals surface area contributed by atoms with Crippen molar-refractivity contribution in [3.05, 3.63) is 40.4 Å². The predicted octanol–water partition coefficient (Wildman–Crippen LogP) is 2.42. The topological polar surface area (TPSA) is 83.7 Å². The largest absolute Gasteiger partial charge is 0.488 e. The number of hydrogen-bond acceptors (Lipinski definition) is 4. The van der Waals surface area contributed by atoms with Gasteiger partial charge in [-0.15, -0.1) is 0 Å². The lowest BCUT2D eigenvalue weighted by Gasteiger charge is -2.32. The average Bonchev–Trinajstić information content (AvgIpc) is 2.89. The summed E-state index contributed by atoms with van der Waals surface area (Å²) in [4.78, 5) is 25.2. The van der Waals surface area contributed by atoms with Gasteiger partial charge < -0.3 is 9.72 Å². The zero-order valence-electron chi connectivity index (χ0n) is 12.4. The number of imidazole rings is 1. The van der Waals surface area contributed by atoms with Crippen molar-refractivity contribution < 1.29 is 4.74 Å². The molecule has 0 saturated heterocycles. The summed E-state index contributed by atoms with van der Waals surface area (Å²) in [5.41, 5.74) is 2.88. The first-order valence-corrected chi connectivity index (χ1v) is 7.28. The molecule has 2 aromatic heterocycles. The predicted molar refractivity (Wildman–Crippen MR) is 83.0 cm³/mol. The Morgan fingerprint density at radius 3 is 3.00 bits per heavy atom. The number of aryl methyl sites for hydroxylation is 1. The molecule has 4 rings (SSSR count). The van der Waals surface area contributed by atoms with Gasteiger partial charge in [0.1, 0.15) is 22.7 Å². The molecule has 6 nitrogen and oxygen atoms in total. The van der Waals surface area contributed by atoms with E-state index in [0.29, 0.717) is 17.0 Å². The summed E-state index contributed by atoms with van der Waals surface area (Å²) in [6.07, 6.45) is 3.46. The molecule has 1 aliphatic rings. The Hall–Kier alpha value is -2.63. The van der Waals surface area contributed by atoms with E-state index in [0.717, 1.165) is 24.2 Å². The average molecular weight is 296 g/mol. The highest BCUT2D eigenvalue weighted by atomic mass is 16.5. The van der Waals surface area contributed by atoms with Gasteiger partial charge in [-0.3, -0.25) is 4.98 Å². The summed E-state index contributed by atoms with van der Waals surface area (Å²) in [7, 11) is 0. The van der Waals surface area contributed by atoms with E-state index in [9.17, 15) is 4.79 Å². The summed E-state index contributed by atoms with van der Waals surface area (Å²) in [6, 6.07) is 6.05. The fraction of sp³-hybridized carbons (Fsp3) is 0.312. The highest BCUT2D eigenvalue weighted by Gasteiger charge is 2.26. The molecule has 0 unspecified atom stereocenters. The molecule has 112 valence electrons. The molecule has 0 fully saturated rings. The third kappa shape index (κ3) is 2.16. The number of ether oxygens (including phenoxy) is 1. The first kappa shape index (κ1) is 13.1. The lowest BCUT2D eigenvalue weighted by Crippen LogP contribution is -2.32. The maximum Gasteiger partial charge on any atom is 0.346 e. The molecule has 0 atom stereocenters. The fourth-order valence-corrected chi connectivity index (χ4v) is 2.77. The van der Waals surface area contributed by atoms with Gasteiger partial charge >= 0.3 is 5.69 Å². The monoisotopic (exact) mass is 296 g/mol. The molecule has 22 heavy (non-hydrogen) atoms. The Kier molecular flexibility index (Phi) is 2.63. The summed E-state index contributed by atoms with van der Waals surface area (Å²) in [5, 5.41) is 0. The first-order chi connectivity index (χ1) is 10.5. The molecule has 0 spiro atoms. The van der Waals surface area contributed by atoms with Gasteiger partial charge in [0.2, 0.25) is 0 Å². The van der Waals surface area contributed by atoms with Crippen molar-refractivity contribution in [1.29, 1.82) is 0 Å². The SMILES string of the molecule is CC1(C)CCc2cc(-c3nc4[nH]c(=O)ncc4[nH]3)ccc2O1. The number of fused-ring (bicyclic) bond motifs is 2. The van der Waals surface area contributed by atoms with Gasteiger partial charge in [0, 0.05) is 5.56 Å². The van der Waals surface area contributed by atoms with Crippen LogP contribution in [0.4, 0.5) is 0 Å². The zero-order chi connectivity index (χ0) is 15.3. The van der Waals surface area contributed by atoms with Crippen LogP contribution < -0.4 is 10.4 Å². The molecule has 0 aliphatic carbocycles. The lowest BCUT2D eigenvalue weighted by molar-refractivity contribution is 0.0847. The molecule has 0 saturated carbocycles. The van der Waals surface area contributed by atoms with Crippen LogP contribution in [-0.2, 0) is 6.42 Å². The smallest absolute Gasteiger partial charge is 0.346 e. The van der Waals surface area contributed by atoms with Crippen LogP contribution in [0.5, 0.6) is 5.75 Å². The molecule has 0 bridgehead atoms.